The second-order valence-corrected chi connectivity index (χ2v) is 6.54. The molecule has 0 aromatic heterocycles. The zero-order chi connectivity index (χ0) is 14.4. The molecule has 3 heteroatoms. The number of rotatable bonds is 6. The summed E-state index contributed by atoms with van der Waals surface area (Å²) in [4.78, 5) is 0. The largest absolute Gasteiger partial charge is 0.489 e. The molecular formula is C17H26BrNO. The molecule has 1 aliphatic carbocycles. The number of para-hydroxylation sites is 1. The Kier molecular flexibility index (Phi) is 6.37. The van der Waals surface area contributed by atoms with Crippen LogP contribution in [0.4, 0.5) is 0 Å². The van der Waals surface area contributed by atoms with Crippen LogP contribution in [0, 0.1) is 5.92 Å². The normalized spacial score (nSPS) is 22.8. The molecule has 1 aromatic carbocycles. The zero-order valence-electron chi connectivity index (χ0n) is 12.6. The Morgan fingerprint density at radius 2 is 2.15 bits per heavy atom. The highest BCUT2D eigenvalue weighted by molar-refractivity contribution is 9.10. The van der Waals surface area contributed by atoms with Gasteiger partial charge in [-0.1, -0.05) is 38.8 Å². The monoisotopic (exact) mass is 339 g/mol. The molecule has 20 heavy (non-hydrogen) atoms. The summed E-state index contributed by atoms with van der Waals surface area (Å²) in [6, 6.07) is 6.31. The van der Waals surface area contributed by atoms with E-state index in [0.29, 0.717) is 6.10 Å². The van der Waals surface area contributed by atoms with E-state index < -0.39 is 0 Å². The van der Waals surface area contributed by atoms with Crippen molar-refractivity contribution in [2.24, 2.45) is 5.92 Å². The van der Waals surface area contributed by atoms with Gasteiger partial charge >= 0.3 is 0 Å². The minimum absolute atomic E-state index is 0.382. The molecule has 2 unspecified atom stereocenters. The van der Waals surface area contributed by atoms with E-state index in [2.05, 4.69) is 53.3 Å². The second-order valence-electron chi connectivity index (χ2n) is 5.69. The van der Waals surface area contributed by atoms with Crippen LogP contribution in [0.5, 0.6) is 5.75 Å². The lowest BCUT2D eigenvalue weighted by Crippen LogP contribution is -2.26. The summed E-state index contributed by atoms with van der Waals surface area (Å²) in [6.45, 7) is 6.27. The van der Waals surface area contributed by atoms with Crippen molar-refractivity contribution in [2.75, 3.05) is 6.54 Å². The molecule has 0 spiro atoms. The lowest BCUT2D eigenvalue weighted by molar-refractivity contribution is 0.120. The molecule has 2 rings (SSSR count). The average Bonchev–Trinajstić information content (AvgIpc) is 2.48. The number of halogens is 1. The summed E-state index contributed by atoms with van der Waals surface area (Å²) in [5, 5.41) is 3.39. The number of ether oxygens (including phenoxy) is 1. The van der Waals surface area contributed by atoms with Gasteiger partial charge in [-0.25, -0.2) is 0 Å². The number of benzene rings is 1. The van der Waals surface area contributed by atoms with Crippen molar-refractivity contribution >= 4 is 15.9 Å². The van der Waals surface area contributed by atoms with Gasteiger partial charge in [0.25, 0.3) is 0 Å². The van der Waals surface area contributed by atoms with Gasteiger partial charge in [0.1, 0.15) is 5.75 Å². The highest BCUT2D eigenvalue weighted by atomic mass is 79.9. The van der Waals surface area contributed by atoms with E-state index in [-0.39, 0.29) is 0 Å². The molecule has 0 saturated heterocycles. The van der Waals surface area contributed by atoms with Gasteiger partial charge in [0.15, 0.2) is 0 Å². The van der Waals surface area contributed by atoms with Crippen molar-refractivity contribution in [1.82, 2.24) is 5.32 Å². The third-order valence-electron chi connectivity index (χ3n) is 4.21. The highest BCUT2D eigenvalue weighted by Gasteiger charge is 2.23. The Balaban J connectivity index is 2.07. The fourth-order valence-electron chi connectivity index (χ4n) is 2.97. The third kappa shape index (κ3) is 4.23. The summed E-state index contributed by atoms with van der Waals surface area (Å²) < 4.78 is 7.43. The topological polar surface area (TPSA) is 21.3 Å². The van der Waals surface area contributed by atoms with Crippen LogP contribution in [0.25, 0.3) is 0 Å². The van der Waals surface area contributed by atoms with Crippen LogP contribution >= 0.6 is 15.9 Å². The Labute approximate surface area is 131 Å². The van der Waals surface area contributed by atoms with Gasteiger partial charge in [-0.15, -0.1) is 0 Å². The molecule has 0 heterocycles. The molecule has 1 aliphatic rings. The van der Waals surface area contributed by atoms with E-state index in [9.17, 15) is 0 Å². The molecule has 1 saturated carbocycles. The maximum absolute atomic E-state index is 6.36. The van der Waals surface area contributed by atoms with Gasteiger partial charge in [0, 0.05) is 12.1 Å². The number of hydrogen-bond acceptors (Lipinski definition) is 2. The summed E-state index contributed by atoms with van der Waals surface area (Å²) >= 11 is 3.65. The highest BCUT2D eigenvalue weighted by Crippen LogP contribution is 2.34. The first-order valence-electron chi connectivity index (χ1n) is 7.89. The molecule has 2 nitrogen and oxygen atoms in total. The van der Waals surface area contributed by atoms with Crippen LogP contribution in [0.15, 0.2) is 22.7 Å². The van der Waals surface area contributed by atoms with Crippen LogP contribution in [-0.2, 0) is 6.54 Å². The lowest BCUT2D eigenvalue weighted by atomic mass is 9.85. The van der Waals surface area contributed by atoms with E-state index in [1.165, 1.54) is 37.7 Å². The quantitative estimate of drug-likeness (QED) is 0.795. The van der Waals surface area contributed by atoms with Crippen molar-refractivity contribution in [2.45, 2.75) is 58.6 Å². The molecule has 2 atom stereocenters. The molecule has 1 N–H and O–H groups in total. The van der Waals surface area contributed by atoms with Crippen molar-refractivity contribution < 1.29 is 4.74 Å². The Hall–Kier alpha value is -0.540. The number of hydrogen-bond donors (Lipinski definition) is 1. The minimum atomic E-state index is 0.382. The van der Waals surface area contributed by atoms with Crippen LogP contribution in [0.1, 0.15) is 51.5 Å². The Morgan fingerprint density at radius 3 is 2.90 bits per heavy atom. The Morgan fingerprint density at radius 1 is 1.30 bits per heavy atom. The number of nitrogens with one attached hydrogen (secondary N) is 1. The van der Waals surface area contributed by atoms with Crippen molar-refractivity contribution in [3.63, 3.8) is 0 Å². The van der Waals surface area contributed by atoms with E-state index in [1.807, 2.05) is 0 Å². The first kappa shape index (κ1) is 15.8. The van der Waals surface area contributed by atoms with Gasteiger partial charge in [0.05, 0.1) is 10.6 Å². The van der Waals surface area contributed by atoms with Gasteiger partial charge in [-0.3, -0.25) is 0 Å². The second kappa shape index (κ2) is 8.04. The summed E-state index contributed by atoms with van der Waals surface area (Å²) in [6.07, 6.45) is 6.73. The first-order valence-corrected chi connectivity index (χ1v) is 8.68. The molecule has 1 fully saturated rings. The molecule has 0 bridgehead atoms. The molecule has 0 amide bonds. The van der Waals surface area contributed by atoms with Gasteiger partial charge in [0.2, 0.25) is 0 Å². The SMILES string of the molecule is CCNCc1cccc(Br)c1OC1CCCC(CC)C1. The van der Waals surface area contributed by atoms with Gasteiger partial charge in [-0.2, -0.15) is 0 Å². The van der Waals surface area contributed by atoms with Crippen molar-refractivity contribution in [3.05, 3.63) is 28.2 Å². The molecule has 112 valence electrons. The third-order valence-corrected chi connectivity index (χ3v) is 4.83. The molecular weight excluding hydrogens is 314 g/mol. The first-order chi connectivity index (χ1) is 9.74. The lowest BCUT2D eigenvalue weighted by Gasteiger charge is -2.30. The molecule has 1 aromatic rings. The van der Waals surface area contributed by atoms with Crippen LogP contribution < -0.4 is 10.1 Å². The fourth-order valence-corrected chi connectivity index (χ4v) is 3.47. The average molecular weight is 340 g/mol. The molecule has 0 radical (unpaired) electrons. The predicted octanol–water partition coefficient (Wildman–Crippen LogP) is 4.91. The predicted molar refractivity (Wildman–Crippen MR) is 88.2 cm³/mol. The maximum Gasteiger partial charge on any atom is 0.138 e. The van der Waals surface area contributed by atoms with E-state index in [0.717, 1.165) is 29.2 Å². The molecule has 0 aliphatic heterocycles. The Bertz CT molecular complexity index is 421. The standard InChI is InChI=1S/C17H26BrNO/c1-3-13-7-5-9-15(11-13)20-17-14(12-19-4-2)8-6-10-16(17)18/h6,8,10,13,15,19H,3-5,7,9,11-12H2,1-2H3. The van der Waals surface area contributed by atoms with Crippen LogP contribution in [-0.4, -0.2) is 12.6 Å². The van der Waals surface area contributed by atoms with Crippen LogP contribution in [0.2, 0.25) is 0 Å². The van der Waals surface area contributed by atoms with E-state index in [1.54, 1.807) is 0 Å². The van der Waals surface area contributed by atoms with Crippen molar-refractivity contribution in [3.8, 4) is 5.75 Å². The summed E-state index contributed by atoms with van der Waals surface area (Å²) in [7, 11) is 0. The summed E-state index contributed by atoms with van der Waals surface area (Å²) in [5.41, 5.74) is 1.25. The van der Waals surface area contributed by atoms with Crippen LogP contribution in [0.3, 0.4) is 0 Å². The van der Waals surface area contributed by atoms with Gasteiger partial charge < -0.3 is 10.1 Å². The summed E-state index contributed by atoms with van der Waals surface area (Å²) in [5.74, 6) is 1.88. The maximum atomic E-state index is 6.36. The van der Waals surface area contributed by atoms with E-state index >= 15 is 0 Å². The minimum Gasteiger partial charge on any atom is -0.489 e. The van der Waals surface area contributed by atoms with Gasteiger partial charge in [-0.05, 0) is 53.7 Å². The smallest absolute Gasteiger partial charge is 0.138 e. The van der Waals surface area contributed by atoms with Crippen molar-refractivity contribution in [1.29, 1.82) is 0 Å². The van der Waals surface area contributed by atoms with E-state index in [4.69, 9.17) is 4.74 Å². The fraction of sp³-hybridized carbons (Fsp3) is 0.647. The zero-order valence-corrected chi connectivity index (χ0v) is 14.2.